The molecule has 0 atom stereocenters. The first-order valence-electron chi connectivity index (χ1n) is 16.9. The maximum Gasteiger partial charge on any atom is 0.164 e. The number of hydrogen-bond donors (Lipinski definition) is 2. The number of nitrogen functional groups attached to an aromatic ring is 1. The van der Waals surface area contributed by atoms with Gasteiger partial charge < -0.3 is 29.8 Å². The zero-order chi connectivity index (χ0) is 31.7. The van der Waals surface area contributed by atoms with E-state index >= 15 is 0 Å². The second-order valence-corrected chi connectivity index (χ2v) is 13.0. The summed E-state index contributed by atoms with van der Waals surface area (Å²) in [5.41, 5.74) is 12.0. The number of piperazine rings is 1. The lowest BCUT2D eigenvalue weighted by atomic mass is 9.90. The normalized spacial score (nSPS) is 21.6. The van der Waals surface area contributed by atoms with E-state index in [1.807, 2.05) is 18.2 Å². The number of nitrogens with one attached hydrogen (secondary N) is 1. The fourth-order valence-electron chi connectivity index (χ4n) is 7.65. The van der Waals surface area contributed by atoms with Gasteiger partial charge in [0.15, 0.2) is 11.9 Å². The summed E-state index contributed by atoms with van der Waals surface area (Å²) in [6, 6.07) is 15.2. The van der Waals surface area contributed by atoms with E-state index in [0.717, 1.165) is 129 Å². The summed E-state index contributed by atoms with van der Waals surface area (Å²) in [5, 5.41) is 6.00. The number of aromatic amines is 1. The highest BCUT2D eigenvalue weighted by atomic mass is 16.7. The zero-order valence-electron chi connectivity index (χ0n) is 27.0. The second-order valence-electron chi connectivity index (χ2n) is 13.0. The van der Waals surface area contributed by atoms with Gasteiger partial charge in [0.05, 0.1) is 42.8 Å². The molecule has 3 aromatic heterocycles. The Hall–Kier alpha value is -4.10. The molecule has 1 aliphatic carbocycles. The molecule has 2 aromatic carbocycles. The Morgan fingerprint density at radius 3 is 2.55 bits per heavy atom. The van der Waals surface area contributed by atoms with E-state index in [9.17, 15) is 0 Å². The van der Waals surface area contributed by atoms with E-state index in [4.69, 9.17) is 35.0 Å². The van der Waals surface area contributed by atoms with Crippen molar-refractivity contribution >= 4 is 27.9 Å². The molecule has 12 heteroatoms. The number of methoxy groups -OCH3 is 1. The van der Waals surface area contributed by atoms with Crippen LogP contribution in [0.15, 0.2) is 48.8 Å². The predicted molar refractivity (Wildman–Crippen MR) is 180 cm³/mol. The molecule has 0 amide bonds. The van der Waals surface area contributed by atoms with Gasteiger partial charge in [-0.15, -0.1) is 0 Å². The van der Waals surface area contributed by atoms with Crippen LogP contribution in [0, 0.1) is 0 Å². The molecule has 8 rings (SSSR count). The number of benzene rings is 2. The molecule has 246 valence electrons. The van der Waals surface area contributed by atoms with Crippen molar-refractivity contribution < 1.29 is 14.2 Å². The minimum atomic E-state index is -0.0149. The summed E-state index contributed by atoms with van der Waals surface area (Å²) >= 11 is 0. The van der Waals surface area contributed by atoms with Crippen molar-refractivity contribution in [3.05, 3.63) is 60.2 Å². The predicted octanol–water partition coefficient (Wildman–Crippen LogP) is 4.42. The van der Waals surface area contributed by atoms with Crippen LogP contribution < -0.4 is 10.5 Å². The van der Waals surface area contributed by atoms with Crippen LogP contribution in [0.5, 0.6) is 5.75 Å². The Morgan fingerprint density at radius 1 is 0.957 bits per heavy atom. The quantitative estimate of drug-likeness (QED) is 0.239. The standard InChI is InChI=1S/C35H43N9O3/c1-45-29-5-3-2-4-23(29)21-30-39-27-11-6-24(20-28(27)40-30)33-32-34(36)37-22-38-35(32)44(41-33)26-9-7-25(8-10-26)43-16-14-42(15-17-43)13-12-31-46-18-19-47-31/h2-6,11,20,22,25-26,31H,7-10,12-19,21H2,1H3,(H,39,40)(H2,36,37,38)/t25-,26+. The highest BCUT2D eigenvalue weighted by Gasteiger charge is 2.31. The van der Waals surface area contributed by atoms with Gasteiger partial charge in [-0.1, -0.05) is 24.3 Å². The number of fused-ring (bicyclic) bond motifs is 2. The average Bonchev–Trinajstić information content (AvgIpc) is 3.87. The number of ether oxygens (including phenoxy) is 3. The van der Waals surface area contributed by atoms with Crippen LogP contribution >= 0.6 is 0 Å². The summed E-state index contributed by atoms with van der Waals surface area (Å²) in [5.74, 6) is 2.19. The van der Waals surface area contributed by atoms with Crippen molar-refractivity contribution in [2.75, 3.05) is 58.8 Å². The molecule has 0 unspecified atom stereocenters. The molecule has 47 heavy (non-hydrogen) atoms. The van der Waals surface area contributed by atoms with Gasteiger partial charge in [0.1, 0.15) is 29.4 Å². The van der Waals surface area contributed by atoms with E-state index < -0.39 is 0 Å². The number of H-pyrrole nitrogens is 1. The van der Waals surface area contributed by atoms with Crippen LogP contribution in [0.2, 0.25) is 0 Å². The maximum atomic E-state index is 6.49. The van der Waals surface area contributed by atoms with Crippen LogP contribution in [0.3, 0.4) is 0 Å². The van der Waals surface area contributed by atoms with Crippen LogP contribution in [-0.4, -0.2) is 105 Å². The zero-order valence-corrected chi connectivity index (χ0v) is 27.0. The number of nitrogens with two attached hydrogens (primary N) is 1. The Bertz CT molecular complexity index is 1830. The third-order valence-corrected chi connectivity index (χ3v) is 10.2. The van der Waals surface area contributed by atoms with Gasteiger partial charge in [-0.2, -0.15) is 5.10 Å². The third-order valence-electron chi connectivity index (χ3n) is 10.2. The van der Waals surface area contributed by atoms with Crippen LogP contribution in [0.4, 0.5) is 5.82 Å². The Morgan fingerprint density at radius 2 is 1.74 bits per heavy atom. The first kappa shape index (κ1) is 30.2. The van der Waals surface area contributed by atoms with Crippen LogP contribution in [-0.2, 0) is 15.9 Å². The van der Waals surface area contributed by atoms with Gasteiger partial charge >= 0.3 is 0 Å². The Labute approximate surface area is 274 Å². The summed E-state index contributed by atoms with van der Waals surface area (Å²) in [4.78, 5) is 22.7. The van der Waals surface area contributed by atoms with Crippen molar-refractivity contribution in [1.82, 2.24) is 39.5 Å². The number of rotatable bonds is 9. The molecule has 0 spiro atoms. The van der Waals surface area contributed by atoms with Crippen molar-refractivity contribution in [1.29, 1.82) is 0 Å². The minimum Gasteiger partial charge on any atom is -0.496 e. The van der Waals surface area contributed by atoms with Gasteiger partial charge in [-0.05, 0) is 43.9 Å². The molecule has 0 bridgehead atoms. The lowest BCUT2D eigenvalue weighted by Crippen LogP contribution is -2.51. The lowest BCUT2D eigenvalue weighted by molar-refractivity contribution is -0.0540. The van der Waals surface area contributed by atoms with Gasteiger partial charge in [0.2, 0.25) is 0 Å². The van der Waals surface area contributed by atoms with Gasteiger partial charge in [0.25, 0.3) is 0 Å². The van der Waals surface area contributed by atoms with E-state index in [1.54, 1.807) is 13.4 Å². The van der Waals surface area contributed by atoms with Crippen LogP contribution in [0.25, 0.3) is 33.3 Å². The topological polar surface area (TPSA) is 132 Å². The summed E-state index contributed by atoms with van der Waals surface area (Å²) in [7, 11) is 1.70. The molecular weight excluding hydrogens is 594 g/mol. The van der Waals surface area contributed by atoms with Crippen molar-refractivity contribution in [3.63, 3.8) is 0 Å². The molecule has 2 saturated heterocycles. The largest absolute Gasteiger partial charge is 0.496 e. The first-order chi connectivity index (χ1) is 23.1. The fraction of sp³-hybridized carbons (Fsp3) is 0.486. The Kier molecular flexibility index (Phi) is 8.49. The molecule has 3 N–H and O–H groups in total. The molecule has 2 aliphatic heterocycles. The minimum absolute atomic E-state index is 0.0149. The number of anilines is 1. The lowest BCUT2D eigenvalue weighted by Gasteiger charge is -2.42. The molecule has 5 aromatic rings. The van der Waals surface area contributed by atoms with E-state index in [2.05, 4.69) is 48.7 Å². The van der Waals surface area contributed by atoms with Gasteiger partial charge in [-0.3, -0.25) is 4.90 Å². The molecule has 3 aliphatic rings. The van der Waals surface area contributed by atoms with E-state index in [0.29, 0.717) is 18.3 Å². The van der Waals surface area contributed by atoms with Crippen molar-refractivity contribution in [2.45, 2.75) is 56.9 Å². The smallest absolute Gasteiger partial charge is 0.164 e. The highest BCUT2D eigenvalue weighted by molar-refractivity contribution is 5.99. The summed E-state index contributed by atoms with van der Waals surface area (Å²) in [6.07, 6.45) is 7.57. The first-order valence-corrected chi connectivity index (χ1v) is 16.9. The van der Waals surface area contributed by atoms with Crippen molar-refractivity contribution in [3.8, 4) is 17.0 Å². The monoisotopic (exact) mass is 637 g/mol. The fourth-order valence-corrected chi connectivity index (χ4v) is 7.65. The molecule has 1 saturated carbocycles. The number of hydrogen-bond acceptors (Lipinski definition) is 10. The van der Waals surface area contributed by atoms with Crippen LogP contribution in [0.1, 0.15) is 49.5 Å². The Balaban J connectivity index is 0.965. The number of imidazole rings is 1. The third kappa shape index (κ3) is 6.18. The molecule has 3 fully saturated rings. The summed E-state index contributed by atoms with van der Waals surface area (Å²) < 4.78 is 18.9. The van der Waals surface area contributed by atoms with Gasteiger partial charge in [-0.25, -0.2) is 19.6 Å². The number of aromatic nitrogens is 6. The SMILES string of the molecule is COc1ccccc1Cc1nc2cc(-c3nn([C@H]4CC[C@@H](N5CCN(CCC6OCCO6)CC5)CC4)c4ncnc(N)c34)ccc2[nH]1. The molecular formula is C35H43N9O3. The molecule has 5 heterocycles. The van der Waals surface area contributed by atoms with Crippen molar-refractivity contribution in [2.24, 2.45) is 0 Å². The summed E-state index contributed by atoms with van der Waals surface area (Å²) in [6.45, 7) is 6.96. The molecule has 12 nitrogen and oxygen atoms in total. The highest BCUT2D eigenvalue weighted by Crippen LogP contribution is 2.37. The van der Waals surface area contributed by atoms with E-state index in [-0.39, 0.29) is 12.3 Å². The number of nitrogens with zero attached hydrogens (tertiary/aromatic N) is 7. The molecule has 0 radical (unpaired) electrons. The van der Waals surface area contributed by atoms with Gasteiger partial charge in [0, 0.05) is 62.7 Å². The average molecular weight is 638 g/mol. The number of para-hydroxylation sites is 1. The second kappa shape index (κ2) is 13.2. The maximum absolute atomic E-state index is 6.49. The van der Waals surface area contributed by atoms with E-state index in [1.165, 1.54) is 0 Å².